The van der Waals surface area contributed by atoms with Crippen molar-refractivity contribution in [2.45, 2.75) is 64.5 Å². The molecule has 0 heterocycles. The van der Waals surface area contributed by atoms with Crippen molar-refractivity contribution in [3.63, 3.8) is 0 Å². The molecule has 2 fully saturated rings. The molecule has 2 aliphatic rings. The normalized spacial score (nSPS) is 26.8. The summed E-state index contributed by atoms with van der Waals surface area (Å²) in [6.07, 6.45) is 8.27. The molecule has 0 spiro atoms. The van der Waals surface area contributed by atoms with E-state index in [4.69, 9.17) is 4.74 Å². The minimum absolute atomic E-state index is 0.486. The van der Waals surface area contributed by atoms with Crippen LogP contribution in [0.25, 0.3) is 0 Å². The molecular formula is C19H29NO. The lowest BCUT2D eigenvalue weighted by Gasteiger charge is -2.28. The second-order valence-corrected chi connectivity index (χ2v) is 6.89. The highest BCUT2D eigenvalue weighted by atomic mass is 16.5. The first-order chi connectivity index (χ1) is 10.3. The zero-order chi connectivity index (χ0) is 14.7. The van der Waals surface area contributed by atoms with E-state index >= 15 is 0 Å². The SMILES string of the molecule is CCCNC(c1ccc(OC2CC2)cc1)C1CCCC1C. The molecule has 0 amide bonds. The van der Waals surface area contributed by atoms with Crippen LogP contribution in [-0.4, -0.2) is 12.6 Å². The highest BCUT2D eigenvalue weighted by Crippen LogP contribution is 2.40. The van der Waals surface area contributed by atoms with Gasteiger partial charge in [0.2, 0.25) is 0 Å². The Morgan fingerprint density at radius 3 is 2.48 bits per heavy atom. The first-order valence-electron chi connectivity index (χ1n) is 8.78. The lowest BCUT2D eigenvalue weighted by molar-refractivity contribution is 0.297. The van der Waals surface area contributed by atoms with E-state index < -0.39 is 0 Å². The minimum atomic E-state index is 0.486. The van der Waals surface area contributed by atoms with E-state index in [0.717, 1.165) is 24.1 Å². The van der Waals surface area contributed by atoms with Gasteiger partial charge in [0.05, 0.1) is 6.10 Å². The Kier molecular flexibility index (Phi) is 4.84. The first-order valence-corrected chi connectivity index (χ1v) is 8.78. The number of hydrogen-bond donors (Lipinski definition) is 1. The lowest BCUT2D eigenvalue weighted by Crippen LogP contribution is -2.30. The van der Waals surface area contributed by atoms with E-state index in [1.165, 1.54) is 44.1 Å². The predicted octanol–water partition coefficient (Wildman–Crippen LogP) is 4.70. The number of hydrogen-bond acceptors (Lipinski definition) is 2. The van der Waals surface area contributed by atoms with Crippen LogP contribution in [0.2, 0.25) is 0 Å². The van der Waals surface area contributed by atoms with Crippen LogP contribution in [0.1, 0.15) is 64.0 Å². The number of benzene rings is 1. The number of ether oxygens (including phenoxy) is 1. The number of rotatable bonds is 7. The second kappa shape index (κ2) is 6.83. The summed E-state index contributed by atoms with van der Waals surface area (Å²) in [5, 5.41) is 3.79. The molecule has 2 aliphatic carbocycles. The molecule has 116 valence electrons. The predicted molar refractivity (Wildman–Crippen MR) is 87.6 cm³/mol. The zero-order valence-corrected chi connectivity index (χ0v) is 13.5. The largest absolute Gasteiger partial charge is 0.490 e. The monoisotopic (exact) mass is 287 g/mol. The van der Waals surface area contributed by atoms with Crippen LogP contribution in [0.4, 0.5) is 0 Å². The van der Waals surface area contributed by atoms with Crippen molar-refractivity contribution in [2.75, 3.05) is 6.54 Å². The molecule has 1 aromatic carbocycles. The average Bonchev–Trinajstić information content (AvgIpc) is 3.21. The van der Waals surface area contributed by atoms with Gasteiger partial charge < -0.3 is 10.1 Å². The molecule has 3 unspecified atom stereocenters. The van der Waals surface area contributed by atoms with Crippen LogP contribution in [0.3, 0.4) is 0 Å². The van der Waals surface area contributed by atoms with Crippen molar-refractivity contribution in [2.24, 2.45) is 11.8 Å². The Hall–Kier alpha value is -1.02. The van der Waals surface area contributed by atoms with Crippen molar-refractivity contribution in [1.82, 2.24) is 5.32 Å². The molecule has 0 radical (unpaired) electrons. The van der Waals surface area contributed by atoms with Crippen LogP contribution in [-0.2, 0) is 0 Å². The Morgan fingerprint density at radius 1 is 1.14 bits per heavy atom. The third-order valence-electron chi connectivity index (χ3n) is 5.04. The third-order valence-corrected chi connectivity index (χ3v) is 5.04. The van der Waals surface area contributed by atoms with Gasteiger partial charge in [0.1, 0.15) is 5.75 Å². The molecule has 0 saturated heterocycles. The highest BCUT2D eigenvalue weighted by molar-refractivity contribution is 5.30. The molecule has 2 saturated carbocycles. The molecule has 0 aliphatic heterocycles. The van der Waals surface area contributed by atoms with Gasteiger partial charge in [-0.15, -0.1) is 0 Å². The fourth-order valence-corrected chi connectivity index (χ4v) is 3.62. The Morgan fingerprint density at radius 2 is 1.90 bits per heavy atom. The van der Waals surface area contributed by atoms with Gasteiger partial charge in [-0.25, -0.2) is 0 Å². The second-order valence-electron chi connectivity index (χ2n) is 6.89. The van der Waals surface area contributed by atoms with E-state index in [9.17, 15) is 0 Å². The van der Waals surface area contributed by atoms with E-state index in [-0.39, 0.29) is 0 Å². The molecule has 2 heteroatoms. The maximum Gasteiger partial charge on any atom is 0.119 e. The van der Waals surface area contributed by atoms with Crippen LogP contribution in [0, 0.1) is 11.8 Å². The summed E-state index contributed by atoms with van der Waals surface area (Å²) >= 11 is 0. The van der Waals surface area contributed by atoms with Gasteiger partial charge in [0.25, 0.3) is 0 Å². The summed E-state index contributed by atoms with van der Waals surface area (Å²) in [6.45, 7) is 5.77. The van der Waals surface area contributed by atoms with Gasteiger partial charge in [0.15, 0.2) is 0 Å². The van der Waals surface area contributed by atoms with Crippen LogP contribution >= 0.6 is 0 Å². The molecule has 0 bridgehead atoms. The molecule has 0 aromatic heterocycles. The molecule has 1 N–H and O–H groups in total. The van der Waals surface area contributed by atoms with Crippen molar-refractivity contribution in [3.05, 3.63) is 29.8 Å². The van der Waals surface area contributed by atoms with Gasteiger partial charge in [-0.2, -0.15) is 0 Å². The fraction of sp³-hybridized carbons (Fsp3) is 0.684. The van der Waals surface area contributed by atoms with E-state index in [0.29, 0.717) is 12.1 Å². The quantitative estimate of drug-likeness (QED) is 0.784. The van der Waals surface area contributed by atoms with Crippen molar-refractivity contribution >= 4 is 0 Å². The van der Waals surface area contributed by atoms with Gasteiger partial charge in [0, 0.05) is 6.04 Å². The molecule has 2 nitrogen and oxygen atoms in total. The summed E-state index contributed by atoms with van der Waals surface area (Å²) < 4.78 is 5.87. The summed E-state index contributed by atoms with van der Waals surface area (Å²) in [7, 11) is 0. The minimum Gasteiger partial charge on any atom is -0.490 e. The van der Waals surface area contributed by atoms with Crippen molar-refractivity contribution in [1.29, 1.82) is 0 Å². The lowest BCUT2D eigenvalue weighted by atomic mass is 9.86. The van der Waals surface area contributed by atoms with Gasteiger partial charge in [-0.05, 0) is 61.8 Å². The first kappa shape index (κ1) is 14.9. The maximum absolute atomic E-state index is 5.87. The summed E-state index contributed by atoms with van der Waals surface area (Å²) in [6, 6.07) is 9.38. The van der Waals surface area contributed by atoms with E-state index in [1.54, 1.807) is 0 Å². The average molecular weight is 287 g/mol. The molecule has 21 heavy (non-hydrogen) atoms. The Labute approximate surface area is 129 Å². The fourth-order valence-electron chi connectivity index (χ4n) is 3.62. The zero-order valence-electron chi connectivity index (χ0n) is 13.5. The summed E-state index contributed by atoms with van der Waals surface area (Å²) in [5.74, 6) is 2.66. The number of nitrogens with one attached hydrogen (secondary N) is 1. The van der Waals surface area contributed by atoms with Gasteiger partial charge in [-0.3, -0.25) is 0 Å². The van der Waals surface area contributed by atoms with Gasteiger partial charge in [-0.1, -0.05) is 38.8 Å². The molecule has 3 rings (SSSR count). The topological polar surface area (TPSA) is 21.3 Å². The van der Waals surface area contributed by atoms with Crippen LogP contribution in [0.5, 0.6) is 5.75 Å². The molecule has 3 atom stereocenters. The molecular weight excluding hydrogens is 258 g/mol. The maximum atomic E-state index is 5.87. The third kappa shape index (κ3) is 3.79. The summed E-state index contributed by atoms with van der Waals surface area (Å²) in [5.41, 5.74) is 1.44. The van der Waals surface area contributed by atoms with Crippen LogP contribution < -0.4 is 10.1 Å². The smallest absolute Gasteiger partial charge is 0.119 e. The Bertz CT molecular complexity index is 437. The highest BCUT2D eigenvalue weighted by Gasteiger charge is 2.31. The Balaban J connectivity index is 1.71. The van der Waals surface area contributed by atoms with E-state index in [2.05, 4.69) is 43.4 Å². The summed E-state index contributed by atoms with van der Waals surface area (Å²) in [4.78, 5) is 0. The molecule has 1 aromatic rings. The van der Waals surface area contributed by atoms with E-state index in [1.807, 2.05) is 0 Å². The standard InChI is InChI=1S/C19H29NO/c1-3-13-20-19(18-6-4-5-14(18)2)15-7-9-16(10-8-15)21-17-11-12-17/h7-10,14,17-20H,3-6,11-13H2,1-2H3. The van der Waals surface area contributed by atoms with Crippen molar-refractivity contribution in [3.8, 4) is 5.75 Å². The van der Waals surface area contributed by atoms with Crippen LogP contribution in [0.15, 0.2) is 24.3 Å². The van der Waals surface area contributed by atoms with Crippen molar-refractivity contribution < 1.29 is 4.74 Å². The van der Waals surface area contributed by atoms with Gasteiger partial charge >= 0.3 is 0 Å².